The average molecular weight is 270 g/mol. The van der Waals surface area contributed by atoms with Crippen LogP contribution < -0.4 is 0 Å². The zero-order chi connectivity index (χ0) is 13.8. The number of aryl methyl sites for hydroxylation is 2. The number of carbonyl (C=O) groups excluding carboxylic acids is 1. The number of Topliss-reactive ketones (excluding diaryl/α,β-unsaturated/α-hetero) is 1. The lowest BCUT2D eigenvalue weighted by molar-refractivity contribution is 0.102. The minimum atomic E-state index is -3.40. The van der Waals surface area contributed by atoms with Gasteiger partial charge >= 0.3 is 0 Å². The normalized spacial score (nSPS) is 11.5. The molecule has 0 radical (unpaired) electrons. The Morgan fingerprint density at radius 3 is 2.56 bits per heavy atom. The highest BCUT2D eigenvalue weighted by Crippen LogP contribution is 2.12. The first-order valence-corrected chi connectivity index (χ1v) is 7.47. The molecule has 0 atom stereocenters. The fraction of sp³-hybridized carbons (Fsp3) is 0.462. The lowest BCUT2D eigenvalue weighted by Gasteiger charge is -2.07. The highest BCUT2D eigenvalue weighted by atomic mass is 32.2. The Hall–Kier alpha value is -1.20. The zero-order valence-corrected chi connectivity index (χ0v) is 11.7. The maximum atomic E-state index is 12.0. The quantitative estimate of drug-likeness (QED) is 0.736. The third kappa shape index (κ3) is 4.23. The van der Waals surface area contributed by atoms with Gasteiger partial charge in [0.1, 0.15) is 5.75 Å². The van der Waals surface area contributed by atoms with E-state index in [2.05, 4.69) is 0 Å². The Morgan fingerprint density at radius 1 is 1.28 bits per heavy atom. The van der Waals surface area contributed by atoms with E-state index in [1.54, 1.807) is 13.0 Å². The number of benzene rings is 1. The molecule has 0 aliphatic carbocycles. The lowest BCUT2D eigenvalue weighted by Crippen LogP contribution is -2.22. The number of sulfone groups is 1. The molecule has 0 saturated carbocycles. The molecule has 0 N–H and O–H groups in total. The molecule has 5 heteroatoms. The first-order chi connectivity index (χ1) is 8.35. The molecule has 0 bridgehead atoms. The molecule has 0 amide bonds. The molecular weight excluding hydrogens is 252 g/mol. The van der Waals surface area contributed by atoms with Crippen molar-refractivity contribution in [3.8, 4) is 0 Å². The van der Waals surface area contributed by atoms with Crippen LogP contribution >= 0.6 is 0 Å². The van der Waals surface area contributed by atoms with E-state index >= 15 is 0 Å². The highest BCUT2D eigenvalue weighted by Gasteiger charge is 2.19. The van der Waals surface area contributed by atoms with E-state index in [0.29, 0.717) is 5.56 Å². The fourth-order valence-electron chi connectivity index (χ4n) is 1.60. The summed E-state index contributed by atoms with van der Waals surface area (Å²) in [5.41, 5.74) is 2.22. The van der Waals surface area contributed by atoms with E-state index < -0.39 is 15.6 Å². The Labute approximate surface area is 108 Å². The first kappa shape index (κ1) is 14.9. The van der Waals surface area contributed by atoms with Crippen molar-refractivity contribution in [2.75, 3.05) is 25.2 Å². The first-order valence-electron chi connectivity index (χ1n) is 5.65. The molecular formula is C13H18O4S. The summed E-state index contributed by atoms with van der Waals surface area (Å²) < 4.78 is 28.1. The maximum Gasteiger partial charge on any atom is 0.178 e. The van der Waals surface area contributed by atoms with Gasteiger partial charge in [0.05, 0.1) is 12.4 Å². The predicted molar refractivity (Wildman–Crippen MR) is 70.8 cm³/mol. The molecule has 0 spiro atoms. The van der Waals surface area contributed by atoms with Gasteiger partial charge in [-0.1, -0.05) is 17.7 Å². The van der Waals surface area contributed by atoms with Crippen LogP contribution in [0.2, 0.25) is 0 Å². The van der Waals surface area contributed by atoms with Gasteiger partial charge in [-0.2, -0.15) is 0 Å². The second-order valence-electron chi connectivity index (χ2n) is 4.33. The Kier molecular flexibility index (Phi) is 5.04. The number of methoxy groups -OCH3 is 1. The van der Waals surface area contributed by atoms with Crippen LogP contribution in [0.1, 0.15) is 21.5 Å². The van der Waals surface area contributed by atoms with Crippen molar-refractivity contribution >= 4 is 15.6 Å². The van der Waals surface area contributed by atoms with Gasteiger partial charge in [-0.25, -0.2) is 8.42 Å². The van der Waals surface area contributed by atoms with Gasteiger partial charge in [-0.05, 0) is 25.5 Å². The molecule has 1 rings (SSSR count). The Balaban J connectivity index is 2.86. The van der Waals surface area contributed by atoms with Crippen molar-refractivity contribution in [2.45, 2.75) is 13.8 Å². The van der Waals surface area contributed by atoms with Gasteiger partial charge in [0.15, 0.2) is 15.6 Å². The predicted octanol–water partition coefficient (Wildman–Crippen LogP) is 1.55. The molecule has 0 aromatic heterocycles. The van der Waals surface area contributed by atoms with Gasteiger partial charge in [-0.15, -0.1) is 0 Å². The maximum absolute atomic E-state index is 12.0. The number of ketones is 1. The molecule has 0 aliphatic heterocycles. The molecule has 0 aliphatic rings. The van der Waals surface area contributed by atoms with Gasteiger partial charge in [0.25, 0.3) is 0 Å². The Morgan fingerprint density at radius 2 is 1.94 bits per heavy atom. The topological polar surface area (TPSA) is 60.4 Å². The molecule has 1 aromatic rings. The molecule has 100 valence electrons. The van der Waals surface area contributed by atoms with Gasteiger partial charge in [0, 0.05) is 12.7 Å². The van der Waals surface area contributed by atoms with E-state index in [1.807, 2.05) is 19.1 Å². The van der Waals surface area contributed by atoms with Gasteiger partial charge < -0.3 is 4.74 Å². The van der Waals surface area contributed by atoms with Crippen molar-refractivity contribution in [3.05, 3.63) is 34.9 Å². The summed E-state index contributed by atoms with van der Waals surface area (Å²) in [6.45, 7) is 3.78. The average Bonchev–Trinajstić information content (AvgIpc) is 2.29. The SMILES string of the molecule is COCCS(=O)(=O)CC(=O)c1cc(C)ccc1C. The van der Waals surface area contributed by atoms with Crippen LogP contribution in [0.4, 0.5) is 0 Å². The van der Waals surface area contributed by atoms with Gasteiger partial charge in [0.2, 0.25) is 0 Å². The third-order valence-electron chi connectivity index (χ3n) is 2.64. The van der Waals surface area contributed by atoms with Crippen molar-refractivity contribution in [1.29, 1.82) is 0 Å². The van der Waals surface area contributed by atoms with Crippen LogP contribution in [-0.2, 0) is 14.6 Å². The van der Waals surface area contributed by atoms with E-state index in [1.165, 1.54) is 7.11 Å². The fourth-order valence-corrected chi connectivity index (χ4v) is 2.72. The summed E-state index contributed by atoms with van der Waals surface area (Å²) >= 11 is 0. The monoisotopic (exact) mass is 270 g/mol. The molecule has 0 unspecified atom stereocenters. The van der Waals surface area contributed by atoms with E-state index in [-0.39, 0.29) is 18.1 Å². The smallest absolute Gasteiger partial charge is 0.178 e. The zero-order valence-electron chi connectivity index (χ0n) is 10.9. The molecule has 1 aromatic carbocycles. The van der Waals surface area contributed by atoms with Crippen molar-refractivity contribution in [3.63, 3.8) is 0 Å². The second-order valence-corrected chi connectivity index (χ2v) is 6.51. The summed E-state index contributed by atoms with van der Waals surface area (Å²) in [7, 11) is -1.96. The molecule has 0 heterocycles. The highest BCUT2D eigenvalue weighted by molar-refractivity contribution is 7.92. The third-order valence-corrected chi connectivity index (χ3v) is 4.13. The van der Waals surface area contributed by atoms with Crippen molar-refractivity contribution in [1.82, 2.24) is 0 Å². The van der Waals surface area contributed by atoms with Crippen molar-refractivity contribution in [2.24, 2.45) is 0 Å². The largest absolute Gasteiger partial charge is 0.384 e. The minimum absolute atomic E-state index is 0.114. The second kappa shape index (κ2) is 6.11. The Bertz CT molecular complexity index is 532. The van der Waals surface area contributed by atoms with Crippen LogP contribution in [0, 0.1) is 13.8 Å². The summed E-state index contributed by atoms with van der Waals surface area (Å²) in [6, 6.07) is 5.44. The van der Waals surface area contributed by atoms with E-state index in [9.17, 15) is 13.2 Å². The number of ether oxygens (including phenoxy) is 1. The van der Waals surface area contributed by atoms with E-state index in [0.717, 1.165) is 11.1 Å². The van der Waals surface area contributed by atoms with Gasteiger partial charge in [-0.3, -0.25) is 4.79 Å². The number of hydrogen-bond acceptors (Lipinski definition) is 4. The van der Waals surface area contributed by atoms with Crippen LogP contribution in [0.5, 0.6) is 0 Å². The molecule has 0 saturated heterocycles. The summed E-state index contributed by atoms with van der Waals surface area (Å²) in [4.78, 5) is 12.0. The summed E-state index contributed by atoms with van der Waals surface area (Å²) in [5, 5.41) is 0. The van der Waals surface area contributed by atoms with Crippen LogP contribution in [0.3, 0.4) is 0 Å². The lowest BCUT2D eigenvalue weighted by atomic mass is 10.0. The molecule has 4 nitrogen and oxygen atoms in total. The van der Waals surface area contributed by atoms with Crippen LogP contribution in [0.15, 0.2) is 18.2 Å². The number of hydrogen-bond donors (Lipinski definition) is 0. The summed E-state index contributed by atoms with van der Waals surface area (Å²) in [6.07, 6.45) is 0. The van der Waals surface area contributed by atoms with Crippen LogP contribution in [0.25, 0.3) is 0 Å². The van der Waals surface area contributed by atoms with Crippen molar-refractivity contribution < 1.29 is 17.9 Å². The van der Waals surface area contributed by atoms with Crippen LogP contribution in [-0.4, -0.2) is 39.4 Å². The number of carbonyl (C=O) groups is 1. The minimum Gasteiger partial charge on any atom is -0.384 e. The summed E-state index contributed by atoms with van der Waals surface area (Å²) in [5.74, 6) is -0.937. The molecule has 18 heavy (non-hydrogen) atoms. The standard InChI is InChI=1S/C13H18O4S/c1-10-4-5-11(2)12(8-10)13(14)9-18(15,16)7-6-17-3/h4-5,8H,6-7,9H2,1-3H3. The number of rotatable bonds is 6. The molecule has 0 fully saturated rings. The van der Waals surface area contributed by atoms with E-state index in [4.69, 9.17) is 4.74 Å².